The Labute approximate surface area is 117 Å². The summed E-state index contributed by atoms with van der Waals surface area (Å²) in [5, 5.41) is 9.23. The Morgan fingerprint density at radius 3 is 2.45 bits per heavy atom. The zero-order chi connectivity index (χ0) is 14.8. The molecule has 1 amide bonds. The van der Waals surface area contributed by atoms with Gasteiger partial charge in [-0.05, 0) is 24.6 Å². The van der Waals surface area contributed by atoms with Gasteiger partial charge in [0.05, 0.1) is 16.7 Å². The van der Waals surface area contributed by atoms with Crippen molar-refractivity contribution in [3.63, 3.8) is 0 Å². The summed E-state index contributed by atoms with van der Waals surface area (Å²) in [5.74, 6) is -0.219. The molecule has 2 N–H and O–H groups in total. The maximum absolute atomic E-state index is 11.9. The van der Waals surface area contributed by atoms with Crippen LogP contribution in [0.5, 0.6) is 0 Å². The number of nitrogens with one attached hydrogen (secondary N) is 2. The molecule has 0 aliphatic rings. The maximum atomic E-state index is 11.9. The number of carbonyl (C=O) groups excluding carboxylic acids is 1. The van der Waals surface area contributed by atoms with Crippen molar-refractivity contribution < 1.29 is 13.2 Å². The second kappa shape index (κ2) is 5.46. The number of aromatic amines is 1. The molecule has 106 valence electrons. The lowest BCUT2D eigenvalue weighted by atomic mass is 10.2. The number of benzene rings is 1. The summed E-state index contributed by atoms with van der Waals surface area (Å²) >= 11 is 0. The zero-order valence-corrected chi connectivity index (χ0v) is 12.0. The third-order valence-corrected chi connectivity index (χ3v) is 4.01. The van der Waals surface area contributed by atoms with E-state index in [4.69, 9.17) is 0 Å². The minimum absolute atomic E-state index is 0.219. The number of hydrogen-bond acceptors (Lipinski definition) is 4. The topological polar surface area (TPSA) is 91.9 Å². The van der Waals surface area contributed by atoms with Crippen molar-refractivity contribution in [2.45, 2.75) is 18.4 Å². The number of aryl methyl sites for hydroxylation is 1. The summed E-state index contributed by atoms with van der Waals surface area (Å²) in [6.45, 7) is 2.09. The van der Waals surface area contributed by atoms with Gasteiger partial charge in [-0.25, -0.2) is 8.42 Å². The van der Waals surface area contributed by atoms with Crippen LogP contribution in [0.4, 0.5) is 0 Å². The first-order chi connectivity index (χ1) is 9.38. The standard InChI is InChI=1S/C13H15N3O3S/c1-9-12(8-15-16-9)13(17)14-7-10-3-5-11(6-4-10)20(2,18)19/h3-6,8H,7H2,1-2H3,(H,14,17)(H,15,16). The molecule has 0 spiro atoms. The highest BCUT2D eigenvalue weighted by atomic mass is 32.2. The molecule has 0 radical (unpaired) electrons. The van der Waals surface area contributed by atoms with E-state index in [1.54, 1.807) is 19.1 Å². The first-order valence-electron chi connectivity index (χ1n) is 5.95. The minimum atomic E-state index is -3.19. The second-order valence-electron chi connectivity index (χ2n) is 4.51. The molecule has 6 nitrogen and oxygen atoms in total. The molecule has 0 unspecified atom stereocenters. The van der Waals surface area contributed by atoms with Crippen molar-refractivity contribution in [3.05, 3.63) is 47.3 Å². The molecule has 2 aromatic rings. The van der Waals surface area contributed by atoms with E-state index < -0.39 is 9.84 Å². The van der Waals surface area contributed by atoms with E-state index in [1.165, 1.54) is 18.3 Å². The van der Waals surface area contributed by atoms with E-state index >= 15 is 0 Å². The molecule has 0 aliphatic heterocycles. The van der Waals surface area contributed by atoms with Gasteiger partial charge in [0, 0.05) is 18.5 Å². The quantitative estimate of drug-likeness (QED) is 0.881. The lowest BCUT2D eigenvalue weighted by molar-refractivity contribution is 0.0950. The van der Waals surface area contributed by atoms with Gasteiger partial charge < -0.3 is 5.32 Å². The first-order valence-corrected chi connectivity index (χ1v) is 7.84. The number of hydrogen-bond donors (Lipinski definition) is 2. The normalized spacial score (nSPS) is 11.3. The summed E-state index contributed by atoms with van der Waals surface area (Å²) < 4.78 is 22.6. The van der Waals surface area contributed by atoms with Gasteiger partial charge in [-0.15, -0.1) is 0 Å². The fourth-order valence-electron chi connectivity index (χ4n) is 1.71. The highest BCUT2D eigenvalue weighted by Gasteiger charge is 2.10. The molecule has 0 atom stereocenters. The van der Waals surface area contributed by atoms with Gasteiger partial charge in [-0.2, -0.15) is 5.10 Å². The van der Waals surface area contributed by atoms with Gasteiger partial charge >= 0.3 is 0 Å². The van der Waals surface area contributed by atoms with Crippen LogP contribution in [0.15, 0.2) is 35.4 Å². The van der Waals surface area contributed by atoms with Crippen LogP contribution < -0.4 is 5.32 Å². The average Bonchev–Trinajstić information content (AvgIpc) is 2.82. The number of amides is 1. The van der Waals surface area contributed by atoms with Crippen LogP contribution in [0.1, 0.15) is 21.6 Å². The van der Waals surface area contributed by atoms with Crippen LogP contribution in [0.2, 0.25) is 0 Å². The van der Waals surface area contributed by atoms with Crippen molar-refractivity contribution in [1.82, 2.24) is 15.5 Å². The molecule has 0 aliphatic carbocycles. The zero-order valence-electron chi connectivity index (χ0n) is 11.2. The molecule has 0 saturated carbocycles. The smallest absolute Gasteiger partial charge is 0.255 e. The molecular formula is C13H15N3O3S. The predicted molar refractivity (Wildman–Crippen MR) is 74.0 cm³/mol. The number of sulfone groups is 1. The molecular weight excluding hydrogens is 278 g/mol. The van der Waals surface area contributed by atoms with Crippen molar-refractivity contribution in [3.8, 4) is 0 Å². The third-order valence-electron chi connectivity index (χ3n) is 2.88. The largest absolute Gasteiger partial charge is 0.348 e. The summed E-state index contributed by atoms with van der Waals surface area (Å²) in [5.41, 5.74) is 2.03. The van der Waals surface area contributed by atoms with Gasteiger partial charge in [-0.1, -0.05) is 12.1 Å². The van der Waals surface area contributed by atoms with E-state index in [1.807, 2.05) is 0 Å². The van der Waals surface area contributed by atoms with E-state index in [2.05, 4.69) is 15.5 Å². The Hall–Kier alpha value is -2.15. The van der Waals surface area contributed by atoms with Crippen LogP contribution in [-0.4, -0.2) is 30.8 Å². The SMILES string of the molecule is Cc1[nH]ncc1C(=O)NCc1ccc(S(C)(=O)=O)cc1. The molecule has 0 saturated heterocycles. The summed E-state index contributed by atoms with van der Waals surface area (Å²) in [6, 6.07) is 6.41. The number of rotatable bonds is 4. The highest BCUT2D eigenvalue weighted by Crippen LogP contribution is 2.10. The van der Waals surface area contributed by atoms with E-state index in [0.29, 0.717) is 17.8 Å². The molecule has 0 bridgehead atoms. The molecule has 1 aromatic heterocycles. The van der Waals surface area contributed by atoms with Crippen molar-refractivity contribution in [2.24, 2.45) is 0 Å². The van der Waals surface area contributed by atoms with Crippen LogP contribution >= 0.6 is 0 Å². The molecule has 1 heterocycles. The van der Waals surface area contributed by atoms with Crippen molar-refractivity contribution >= 4 is 15.7 Å². The Balaban J connectivity index is 2.02. The van der Waals surface area contributed by atoms with Gasteiger partial charge in [0.15, 0.2) is 9.84 Å². The Morgan fingerprint density at radius 1 is 1.30 bits per heavy atom. The monoisotopic (exact) mass is 293 g/mol. The molecule has 0 fully saturated rings. The van der Waals surface area contributed by atoms with Gasteiger partial charge in [0.25, 0.3) is 5.91 Å². The van der Waals surface area contributed by atoms with Crippen LogP contribution in [0.25, 0.3) is 0 Å². The fourth-order valence-corrected chi connectivity index (χ4v) is 2.34. The lowest BCUT2D eigenvalue weighted by Crippen LogP contribution is -2.23. The Morgan fingerprint density at radius 2 is 1.95 bits per heavy atom. The van der Waals surface area contributed by atoms with Gasteiger partial charge in [0.1, 0.15) is 0 Å². The average molecular weight is 293 g/mol. The second-order valence-corrected chi connectivity index (χ2v) is 6.52. The van der Waals surface area contributed by atoms with Gasteiger partial charge in [-0.3, -0.25) is 9.89 Å². The molecule has 1 aromatic carbocycles. The predicted octanol–water partition coefficient (Wildman–Crippen LogP) is 1.05. The number of carbonyl (C=O) groups is 1. The van der Waals surface area contributed by atoms with E-state index in [9.17, 15) is 13.2 Å². The Kier molecular flexibility index (Phi) is 3.89. The Bertz CT molecular complexity index is 718. The van der Waals surface area contributed by atoms with E-state index in [-0.39, 0.29) is 10.8 Å². The summed E-state index contributed by atoms with van der Waals surface area (Å²) in [4.78, 5) is 12.1. The van der Waals surface area contributed by atoms with E-state index in [0.717, 1.165) is 11.8 Å². The maximum Gasteiger partial charge on any atom is 0.255 e. The third kappa shape index (κ3) is 3.24. The minimum Gasteiger partial charge on any atom is -0.348 e. The number of H-pyrrole nitrogens is 1. The van der Waals surface area contributed by atoms with Crippen LogP contribution in [0.3, 0.4) is 0 Å². The molecule has 20 heavy (non-hydrogen) atoms. The lowest BCUT2D eigenvalue weighted by Gasteiger charge is -2.05. The highest BCUT2D eigenvalue weighted by molar-refractivity contribution is 7.90. The van der Waals surface area contributed by atoms with Crippen molar-refractivity contribution in [2.75, 3.05) is 6.26 Å². The first kappa shape index (κ1) is 14.3. The summed E-state index contributed by atoms with van der Waals surface area (Å²) in [7, 11) is -3.19. The number of nitrogens with zero attached hydrogens (tertiary/aromatic N) is 1. The molecule has 7 heteroatoms. The van der Waals surface area contributed by atoms with Crippen LogP contribution in [-0.2, 0) is 16.4 Å². The van der Waals surface area contributed by atoms with Crippen molar-refractivity contribution in [1.29, 1.82) is 0 Å². The molecule has 2 rings (SSSR count). The van der Waals surface area contributed by atoms with Gasteiger partial charge in [0.2, 0.25) is 0 Å². The fraction of sp³-hybridized carbons (Fsp3) is 0.231. The summed E-state index contributed by atoms with van der Waals surface area (Å²) in [6.07, 6.45) is 2.63. The number of aromatic nitrogens is 2. The van der Waals surface area contributed by atoms with Crippen LogP contribution in [0, 0.1) is 6.92 Å².